The smallest absolute Gasteiger partial charge is 0.272 e. The molecule has 0 bridgehead atoms. The number of rotatable bonds is 3. The lowest BCUT2D eigenvalue weighted by Gasteiger charge is -2.34. The third-order valence-corrected chi connectivity index (χ3v) is 6.01. The average molecular weight is 378 g/mol. The summed E-state index contributed by atoms with van der Waals surface area (Å²) in [6.45, 7) is 2.22. The number of amides is 1. The highest BCUT2D eigenvalue weighted by molar-refractivity contribution is 5.88. The Morgan fingerprint density at radius 3 is 2.86 bits per heavy atom. The Hall–Kier alpha value is -3.00. The zero-order chi connectivity index (χ0) is 19.3. The molecule has 3 heterocycles. The van der Waals surface area contributed by atoms with Crippen molar-refractivity contribution in [2.45, 2.75) is 38.9 Å². The van der Waals surface area contributed by atoms with E-state index in [1.54, 1.807) is 6.07 Å². The first-order valence-corrected chi connectivity index (χ1v) is 9.71. The molecular formula is C20H22N6O2. The summed E-state index contributed by atoms with van der Waals surface area (Å²) in [5.41, 5.74) is 9.19. The molecule has 0 atom stereocenters. The molecule has 1 saturated carbocycles. The highest BCUT2D eigenvalue weighted by atomic mass is 16.2. The second kappa shape index (κ2) is 6.56. The van der Waals surface area contributed by atoms with Crippen LogP contribution in [0.4, 0.5) is 0 Å². The van der Waals surface area contributed by atoms with Crippen LogP contribution in [-0.4, -0.2) is 37.3 Å². The van der Waals surface area contributed by atoms with Crippen LogP contribution in [0.1, 0.15) is 30.7 Å². The standard InChI is InChI=1S/C20H22N6O2/c21-9-17-15-8-13(4-5-14(15)19(27)24-23-17)16-10-22-26-7-6-25(11-18(16)26)20(28)12-2-1-3-12/h4-5,8,10,12H,1-3,6-7,9,11,21H2,(H,24,27). The van der Waals surface area contributed by atoms with E-state index < -0.39 is 0 Å². The maximum absolute atomic E-state index is 12.7. The second-order valence-corrected chi connectivity index (χ2v) is 7.58. The lowest BCUT2D eigenvalue weighted by atomic mass is 9.84. The van der Waals surface area contributed by atoms with E-state index in [0.717, 1.165) is 41.5 Å². The fourth-order valence-corrected chi connectivity index (χ4v) is 4.13. The van der Waals surface area contributed by atoms with E-state index in [2.05, 4.69) is 15.3 Å². The number of aromatic nitrogens is 4. The number of aromatic amines is 1. The van der Waals surface area contributed by atoms with E-state index in [4.69, 9.17) is 5.73 Å². The number of hydrogen-bond donors (Lipinski definition) is 2. The Morgan fingerprint density at radius 2 is 2.11 bits per heavy atom. The van der Waals surface area contributed by atoms with E-state index in [9.17, 15) is 9.59 Å². The number of fused-ring (bicyclic) bond motifs is 2. The molecule has 144 valence electrons. The molecule has 1 aliphatic heterocycles. The molecule has 8 nitrogen and oxygen atoms in total. The van der Waals surface area contributed by atoms with Crippen molar-refractivity contribution in [3.63, 3.8) is 0 Å². The average Bonchev–Trinajstić information content (AvgIpc) is 3.10. The van der Waals surface area contributed by atoms with Crippen LogP contribution in [0.2, 0.25) is 0 Å². The summed E-state index contributed by atoms with van der Waals surface area (Å²) >= 11 is 0. The van der Waals surface area contributed by atoms with Crippen molar-refractivity contribution >= 4 is 16.7 Å². The molecule has 0 spiro atoms. The fraction of sp³-hybridized carbons (Fsp3) is 0.400. The third kappa shape index (κ3) is 2.63. The van der Waals surface area contributed by atoms with Crippen molar-refractivity contribution in [2.24, 2.45) is 11.7 Å². The van der Waals surface area contributed by atoms with Crippen LogP contribution in [0.5, 0.6) is 0 Å². The van der Waals surface area contributed by atoms with Gasteiger partial charge in [0.15, 0.2) is 0 Å². The first kappa shape index (κ1) is 17.1. The van der Waals surface area contributed by atoms with Gasteiger partial charge in [0.25, 0.3) is 5.56 Å². The van der Waals surface area contributed by atoms with Crippen LogP contribution >= 0.6 is 0 Å². The van der Waals surface area contributed by atoms with Gasteiger partial charge in [-0.1, -0.05) is 12.5 Å². The van der Waals surface area contributed by atoms with Gasteiger partial charge < -0.3 is 10.6 Å². The summed E-state index contributed by atoms with van der Waals surface area (Å²) in [5.74, 6) is 0.466. The Balaban J connectivity index is 1.54. The number of nitrogens with one attached hydrogen (secondary N) is 1. The molecule has 0 radical (unpaired) electrons. The fourth-order valence-electron chi connectivity index (χ4n) is 4.13. The lowest BCUT2D eigenvalue weighted by molar-refractivity contribution is -0.139. The van der Waals surface area contributed by atoms with Crippen LogP contribution in [-0.2, 0) is 24.4 Å². The van der Waals surface area contributed by atoms with Crippen LogP contribution in [0.25, 0.3) is 21.9 Å². The maximum atomic E-state index is 12.7. The first-order valence-electron chi connectivity index (χ1n) is 9.71. The van der Waals surface area contributed by atoms with Crippen molar-refractivity contribution in [1.29, 1.82) is 0 Å². The van der Waals surface area contributed by atoms with E-state index in [1.807, 2.05) is 27.9 Å². The Kier molecular flexibility index (Phi) is 4.01. The topological polar surface area (TPSA) is 110 Å². The molecule has 1 amide bonds. The summed E-state index contributed by atoms with van der Waals surface area (Å²) < 4.78 is 1.98. The minimum atomic E-state index is -0.229. The van der Waals surface area contributed by atoms with Gasteiger partial charge in [0.2, 0.25) is 5.91 Å². The van der Waals surface area contributed by atoms with E-state index in [0.29, 0.717) is 30.7 Å². The van der Waals surface area contributed by atoms with Crippen molar-refractivity contribution in [2.75, 3.05) is 6.54 Å². The van der Waals surface area contributed by atoms with E-state index >= 15 is 0 Å². The molecule has 3 N–H and O–H groups in total. The Morgan fingerprint density at radius 1 is 1.25 bits per heavy atom. The van der Waals surface area contributed by atoms with Crippen LogP contribution in [0, 0.1) is 5.92 Å². The molecule has 2 aromatic heterocycles. The molecular weight excluding hydrogens is 356 g/mol. The molecule has 2 aliphatic rings. The zero-order valence-corrected chi connectivity index (χ0v) is 15.5. The molecule has 1 aliphatic carbocycles. The van der Waals surface area contributed by atoms with Gasteiger partial charge in [-0.15, -0.1) is 0 Å². The van der Waals surface area contributed by atoms with Gasteiger partial charge in [0.1, 0.15) is 0 Å². The second-order valence-electron chi connectivity index (χ2n) is 7.58. The van der Waals surface area contributed by atoms with Gasteiger partial charge in [-0.25, -0.2) is 5.10 Å². The summed E-state index contributed by atoms with van der Waals surface area (Å²) in [7, 11) is 0. The van der Waals surface area contributed by atoms with Gasteiger partial charge in [-0.3, -0.25) is 14.3 Å². The predicted octanol–water partition coefficient (Wildman–Crippen LogP) is 1.39. The molecule has 1 aromatic carbocycles. The monoisotopic (exact) mass is 378 g/mol. The lowest BCUT2D eigenvalue weighted by Crippen LogP contribution is -2.43. The van der Waals surface area contributed by atoms with Gasteiger partial charge in [0.05, 0.1) is 36.1 Å². The third-order valence-electron chi connectivity index (χ3n) is 6.01. The van der Waals surface area contributed by atoms with E-state index in [1.165, 1.54) is 0 Å². The van der Waals surface area contributed by atoms with Crippen molar-refractivity contribution in [3.8, 4) is 11.1 Å². The summed E-state index contributed by atoms with van der Waals surface area (Å²) in [6, 6.07) is 5.67. The van der Waals surface area contributed by atoms with E-state index in [-0.39, 0.29) is 23.9 Å². The van der Waals surface area contributed by atoms with Gasteiger partial charge in [-0.05, 0) is 30.5 Å². The molecule has 5 rings (SSSR count). The highest BCUT2D eigenvalue weighted by Gasteiger charge is 2.32. The molecule has 1 fully saturated rings. The van der Waals surface area contributed by atoms with Gasteiger partial charge in [0, 0.05) is 30.0 Å². The van der Waals surface area contributed by atoms with Crippen LogP contribution in [0.3, 0.4) is 0 Å². The molecule has 0 unspecified atom stereocenters. The molecule has 3 aromatic rings. The molecule has 8 heteroatoms. The van der Waals surface area contributed by atoms with Crippen molar-refractivity contribution < 1.29 is 4.79 Å². The summed E-state index contributed by atoms with van der Waals surface area (Å²) in [5, 5.41) is 12.4. The minimum Gasteiger partial charge on any atom is -0.335 e. The Labute approximate surface area is 161 Å². The summed E-state index contributed by atoms with van der Waals surface area (Å²) in [4.78, 5) is 26.7. The zero-order valence-electron chi connectivity index (χ0n) is 15.5. The van der Waals surface area contributed by atoms with Crippen LogP contribution < -0.4 is 11.3 Å². The first-order chi connectivity index (χ1) is 13.7. The highest BCUT2D eigenvalue weighted by Crippen LogP contribution is 2.32. The maximum Gasteiger partial charge on any atom is 0.272 e. The number of hydrogen-bond acceptors (Lipinski definition) is 5. The van der Waals surface area contributed by atoms with Crippen molar-refractivity contribution in [1.82, 2.24) is 24.9 Å². The quantitative estimate of drug-likeness (QED) is 0.716. The number of carbonyl (C=O) groups excluding carboxylic acids is 1. The number of nitrogens with zero attached hydrogens (tertiary/aromatic N) is 4. The van der Waals surface area contributed by atoms with Gasteiger partial charge in [-0.2, -0.15) is 10.2 Å². The SMILES string of the molecule is NCc1n[nH]c(=O)c2ccc(-c3cnn4c3CN(C(=O)C3CCC3)CC4)cc12. The predicted molar refractivity (Wildman–Crippen MR) is 104 cm³/mol. The number of carbonyl (C=O) groups is 1. The summed E-state index contributed by atoms with van der Waals surface area (Å²) in [6.07, 6.45) is 5.02. The normalized spacial score (nSPS) is 16.8. The number of H-pyrrole nitrogens is 1. The molecule has 28 heavy (non-hydrogen) atoms. The molecule has 0 saturated heterocycles. The number of benzene rings is 1. The van der Waals surface area contributed by atoms with Crippen LogP contribution in [0.15, 0.2) is 29.2 Å². The Bertz CT molecular complexity index is 1130. The number of nitrogens with two attached hydrogens (primary N) is 1. The van der Waals surface area contributed by atoms with Crippen molar-refractivity contribution in [3.05, 3.63) is 46.1 Å². The largest absolute Gasteiger partial charge is 0.335 e. The minimum absolute atomic E-state index is 0.198. The van der Waals surface area contributed by atoms with Gasteiger partial charge >= 0.3 is 0 Å².